The average Bonchev–Trinajstić information content (AvgIpc) is 3.00. The Balaban J connectivity index is -0.000000134. The number of nitrogens with one attached hydrogen (secondary N) is 2. The van der Waals surface area contributed by atoms with E-state index in [0.717, 1.165) is 12.3 Å². The average molecular weight is 759 g/mol. The summed E-state index contributed by atoms with van der Waals surface area (Å²) in [5, 5.41) is 0. The van der Waals surface area contributed by atoms with Crippen LogP contribution < -0.4 is 0 Å². The Morgan fingerprint density at radius 1 is 0.477 bits per heavy atom. The van der Waals surface area contributed by atoms with Crippen LogP contribution in [0.5, 0.6) is 0 Å². The van der Waals surface area contributed by atoms with E-state index in [0.29, 0.717) is 13.1 Å². The zero-order chi connectivity index (χ0) is 33.8. The fraction of sp³-hybridized carbons (Fsp3) is 0.273. The molecule has 0 bridgehead atoms. The molecule has 4 rings (SSSR count). The van der Waals surface area contributed by atoms with Crippen LogP contribution in [0.1, 0.15) is 22.3 Å². The summed E-state index contributed by atoms with van der Waals surface area (Å²) >= 11 is 4.64. The SMILES string of the molecule is CCl.Cc1ccccc1.Cc1ccccc1.Cc1ccccc1.Cc1ccccc1.F[B-](F)(F)F.[NH-]CCP.[NH-]CCP.[Ru+3]. The van der Waals surface area contributed by atoms with E-state index >= 15 is 0 Å². The molecule has 0 saturated heterocycles. The van der Waals surface area contributed by atoms with E-state index in [4.69, 9.17) is 11.5 Å². The van der Waals surface area contributed by atoms with E-state index in [2.05, 4.69) is 106 Å². The maximum Gasteiger partial charge on any atom is 3.00 e. The quantitative estimate of drug-likeness (QED) is 0.0846. The fourth-order valence-corrected chi connectivity index (χ4v) is 2.14. The van der Waals surface area contributed by atoms with Crippen molar-refractivity contribution in [3.63, 3.8) is 0 Å². The van der Waals surface area contributed by atoms with Crippen molar-refractivity contribution in [2.75, 3.05) is 31.8 Å². The van der Waals surface area contributed by atoms with Crippen LogP contribution in [0.25, 0.3) is 11.5 Å². The van der Waals surface area contributed by atoms with Crippen LogP contribution in [0, 0.1) is 27.7 Å². The van der Waals surface area contributed by atoms with Crippen LogP contribution in [-0.2, 0) is 19.5 Å². The van der Waals surface area contributed by atoms with Crippen LogP contribution in [0.15, 0.2) is 121 Å². The Bertz CT molecular complexity index is 863. The summed E-state index contributed by atoms with van der Waals surface area (Å²) in [7, 11) is -1.06. The van der Waals surface area contributed by atoms with Gasteiger partial charge in [-0.25, -0.2) is 0 Å². The van der Waals surface area contributed by atoms with Crippen LogP contribution >= 0.6 is 30.1 Å². The molecule has 44 heavy (non-hydrogen) atoms. The van der Waals surface area contributed by atoms with Crippen molar-refractivity contribution in [1.29, 1.82) is 0 Å². The predicted octanol–water partition coefficient (Wildman–Crippen LogP) is 12.0. The van der Waals surface area contributed by atoms with Crippen molar-refractivity contribution >= 4 is 37.3 Å². The molecule has 0 spiro atoms. The molecule has 1 radical (unpaired) electrons. The van der Waals surface area contributed by atoms with Gasteiger partial charge in [-0.2, -0.15) is 0 Å². The number of hydrogen-bond donors (Lipinski definition) is 0. The van der Waals surface area contributed by atoms with Crippen LogP contribution in [-0.4, -0.2) is 39.1 Å². The molecule has 0 amide bonds. The third kappa shape index (κ3) is 59.7. The summed E-state index contributed by atoms with van der Waals surface area (Å²) in [6.45, 7) is 9.40. The topological polar surface area (TPSA) is 47.6 Å². The molecule has 11 heteroatoms. The molecule has 0 heterocycles. The van der Waals surface area contributed by atoms with Gasteiger partial charge in [0.05, 0.1) is 0 Å². The first-order chi connectivity index (χ1) is 20.4. The summed E-state index contributed by atoms with van der Waals surface area (Å²) in [5.74, 6) is 0. The van der Waals surface area contributed by atoms with Gasteiger partial charge in [0.25, 0.3) is 0 Å². The Morgan fingerprint density at radius 2 is 0.591 bits per heavy atom. The summed E-state index contributed by atoms with van der Waals surface area (Å²) in [4.78, 5) is 0. The monoisotopic (exact) mass is 759 g/mol. The predicted molar refractivity (Wildman–Crippen MR) is 194 cm³/mol. The summed E-state index contributed by atoms with van der Waals surface area (Å²) < 4.78 is 39.0. The van der Waals surface area contributed by atoms with E-state index in [9.17, 15) is 17.3 Å². The first kappa shape index (κ1) is 51.9. The van der Waals surface area contributed by atoms with Crippen molar-refractivity contribution in [3.05, 3.63) is 155 Å². The zero-order valence-corrected chi connectivity index (χ0v) is 31.2. The van der Waals surface area contributed by atoms with Crippen molar-refractivity contribution in [2.24, 2.45) is 0 Å². The van der Waals surface area contributed by atoms with E-state index in [1.807, 2.05) is 72.8 Å². The standard InChI is InChI=1S/4C7H8.2C2H7NP.CH3Cl.BF4.Ru/c4*1-7-5-3-2-4-6-7;2*3-1-2-4;1-2;2-1(3,4)5;/h4*2-6H,1H3;2*3H,1-2,4H2;1H3;;/q;;;;2*-1;;-1;+3. The number of aryl methyl sites for hydroxylation is 4. The Kier molecular flexibility index (Phi) is 48.8. The molecule has 4 aromatic rings. The molecule has 0 aliphatic heterocycles. The van der Waals surface area contributed by atoms with Gasteiger partial charge in [-0.15, -0.1) is 43.2 Å². The van der Waals surface area contributed by atoms with E-state index < -0.39 is 7.25 Å². The van der Waals surface area contributed by atoms with E-state index in [-0.39, 0.29) is 19.5 Å². The van der Waals surface area contributed by atoms with Gasteiger partial charge in [-0.3, -0.25) is 0 Å². The van der Waals surface area contributed by atoms with Crippen LogP contribution in [0.4, 0.5) is 17.3 Å². The molecule has 2 atom stereocenters. The molecule has 0 fully saturated rings. The number of alkyl halides is 1. The second-order valence-electron chi connectivity index (χ2n) is 8.19. The smallest absolute Gasteiger partial charge is 0.677 e. The largest absolute Gasteiger partial charge is 3.00 e. The number of rotatable bonds is 2. The van der Waals surface area contributed by atoms with Crippen LogP contribution in [0.3, 0.4) is 0 Å². The fourth-order valence-electron chi connectivity index (χ4n) is 2.14. The molecular formula is C33H49BClF4N2P2Ru. The minimum atomic E-state index is -6.00. The number of hydrogen-bond acceptors (Lipinski definition) is 0. The van der Waals surface area contributed by atoms with Crippen LogP contribution in [0.2, 0.25) is 0 Å². The summed E-state index contributed by atoms with van der Waals surface area (Å²) in [6.07, 6.45) is 3.28. The third-order valence-electron chi connectivity index (χ3n) is 4.05. The molecule has 247 valence electrons. The second kappa shape index (κ2) is 41.4. The van der Waals surface area contributed by atoms with Gasteiger partial charge in [0.15, 0.2) is 0 Å². The molecular weight excluding hydrogens is 710 g/mol. The second-order valence-corrected chi connectivity index (χ2v) is 9.35. The van der Waals surface area contributed by atoms with E-state index in [1.165, 1.54) is 28.6 Å². The van der Waals surface area contributed by atoms with Gasteiger partial charge in [-0.05, 0) is 27.7 Å². The van der Waals surface area contributed by atoms with Gasteiger partial charge in [0.1, 0.15) is 0 Å². The summed E-state index contributed by atoms with van der Waals surface area (Å²) in [5.41, 5.74) is 18.1. The molecule has 2 N–H and O–H groups in total. The first-order valence-electron chi connectivity index (χ1n) is 13.4. The minimum Gasteiger partial charge on any atom is -0.677 e. The molecule has 0 aliphatic carbocycles. The molecule has 0 aliphatic rings. The summed E-state index contributed by atoms with van der Waals surface area (Å²) in [6, 6.07) is 41.0. The molecule has 0 saturated carbocycles. The number of benzene rings is 4. The van der Waals surface area contributed by atoms with Crippen molar-refractivity contribution in [3.8, 4) is 0 Å². The van der Waals surface area contributed by atoms with Gasteiger partial charge < -0.3 is 28.7 Å². The van der Waals surface area contributed by atoms with Crippen molar-refractivity contribution < 1.29 is 36.7 Å². The Hall–Kier alpha value is -1.64. The zero-order valence-electron chi connectivity index (χ0n) is 26.4. The molecule has 2 unspecified atom stereocenters. The Labute approximate surface area is 287 Å². The number of halogens is 5. The third-order valence-corrected chi connectivity index (χ3v) is 4.63. The van der Waals surface area contributed by atoms with Gasteiger partial charge in [0, 0.05) is 6.38 Å². The Morgan fingerprint density at radius 3 is 0.636 bits per heavy atom. The normalized spacial score (nSPS) is 8.41. The maximum absolute atomic E-state index is 9.75. The van der Waals surface area contributed by atoms with Gasteiger partial charge in [-0.1, -0.05) is 156 Å². The molecule has 2 nitrogen and oxygen atoms in total. The van der Waals surface area contributed by atoms with E-state index in [1.54, 1.807) is 0 Å². The first-order valence-corrected chi connectivity index (χ1v) is 15.8. The van der Waals surface area contributed by atoms with Crippen molar-refractivity contribution in [2.45, 2.75) is 27.7 Å². The van der Waals surface area contributed by atoms with Gasteiger partial charge in [0.2, 0.25) is 0 Å². The molecule has 4 aromatic carbocycles. The molecule has 0 aromatic heterocycles. The van der Waals surface area contributed by atoms with Crippen molar-refractivity contribution in [1.82, 2.24) is 0 Å². The maximum atomic E-state index is 9.75. The minimum absolute atomic E-state index is 0. The van der Waals surface area contributed by atoms with Gasteiger partial charge >= 0.3 is 26.7 Å².